The van der Waals surface area contributed by atoms with Crippen LogP contribution in [-0.4, -0.2) is 46.9 Å². The van der Waals surface area contributed by atoms with Gasteiger partial charge in [-0.1, -0.05) is 0 Å². The van der Waals surface area contributed by atoms with Crippen LogP contribution in [-0.2, 0) is 13.6 Å². The van der Waals surface area contributed by atoms with Gasteiger partial charge >= 0.3 is 0 Å². The van der Waals surface area contributed by atoms with Crippen molar-refractivity contribution >= 4 is 28.4 Å². The van der Waals surface area contributed by atoms with Crippen LogP contribution in [0.4, 0.5) is 15.9 Å². The number of alkyl halides is 1. The van der Waals surface area contributed by atoms with Crippen molar-refractivity contribution in [3.63, 3.8) is 0 Å². The first-order valence-corrected chi connectivity index (χ1v) is 10.8. The van der Waals surface area contributed by atoms with E-state index < -0.39 is 12.6 Å². The molecule has 11 heteroatoms. The van der Waals surface area contributed by atoms with Gasteiger partial charge in [-0.05, 0) is 26.2 Å². The number of carbonyl (C=O) groups excluding carboxylic acids is 1. The van der Waals surface area contributed by atoms with Crippen molar-refractivity contribution in [2.75, 3.05) is 12.0 Å². The molecule has 1 amide bonds. The lowest BCUT2D eigenvalue weighted by atomic mass is 10.1. The van der Waals surface area contributed by atoms with Crippen LogP contribution in [0.25, 0.3) is 22.3 Å². The van der Waals surface area contributed by atoms with Crippen LogP contribution in [0.15, 0.2) is 24.9 Å². The highest BCUT2D eigenvalue weighted by molar-refractivity contribution is 5.98. The number of halogens is 1. The fourth-order valence-corrected chi connectivity index (χ4v) is 3.89. The van der Waals surface area contributed by atoms with E-state index in [0.717, 1.165) is 35.3 Å². The third-order valence-corrected chi connectivity index (χ3v) is 5.87. The number of pyridine rings is 1. The van der Waals surface area contributed by atoms with Gasteiger partial charge in [-0.3, -0.25) is 18.9 Å². The van der Waals surface area contributed by atoms with Gasteiger partial charge in [0.15, 0.2) is 11.5 Å². The molecule has 0 radical (unpaired) electrons. The van der Waals surface area contributed by atoms with Gasteiger partial charge in [-0.25, -0.2) is 15.0 Å². The molecule has 4 aromatic heterocycles. The second-order valence-corrected chi connectivity index (χ2v) is 8.24. The molecule has 0 spiro atoms. The third kappa shape index (κ3) is 3.79. The topological polar surface area (TPSA) is 129 Å². The summed E-state index contributed by atoms with van der Waals surface area (Å²) in [6.07, 6.45) is 9.14. The van der Waals surface area contributed by atoms with E-state index >= 15 is 0 Å². The van der Waals surface area contributed by atoms with Crippen molar-refractivity contribution in [1.29, 1.82) is 0 Å². The monoisotopic (exact) mass is 449 g/mol. The first kappa shape index (κ1) is 21.0. The lowest BCUT2D eigenvalue weighted by Crippen LogP contribution is -2.18. The number of imidazole rings is 1. The molecule has 4 aromatic rings. The summed E-state index contributed by atoms with van der Waals surface area (Å²) < 4.78 is 16.2. The summed E-state index contributed by atoms with van der Waals surface area (Å²) in [5.41, 5.74) is 10.9. The fourth-order valence-electron chi connectivity index (χ4n) is 3.89. The number of carbonyl (C=O) groups is 1. The van der Waals surface area contributed by atoms with Gasteiger partial charge in [0.1, 0.15) is 5.52 Å². The first-order chi connectivity index (χ1) is 16.0. The predicted molar refractivity (Wildman–Crippen MR) is 121 cm³/mol. The van der Waals surface area contributed by atoms with Gasteiger partial charge in [-0.2, -0.15) is 5.10 Å². The Balaban J connectivity index is 1.62. The largest absolute Gasteiger partial charge is 0.364 e. The quantitative estimate of drug-likeness (QED) is 0.423. The number of fused-ring (bicyclic) bond motifs is 1. The molecule has 0 atom stereocenters. The van der Waals surface area contributed by atoms with E-state index in [2.05, 4.69) is 25.4 Å². The Labute approximate surface area is 189 Å². The van der Waals surface area contributed by atoms with Gasteiger partial charge in [0.25, 0.3) is 5.91 Å². The molecule has 0 saturated heterocycles. The molecule has 1 fully saturated rings. The van der Waals surface area contributed by atoms with E-state index in [9.17, 15) is 9.18 Å². The van der Waals surface area contributed by atoms with Crippen molar-refractivity contribution in [3.05, 3.63) is 42.0 Å². The summed E-state index contributed by atoms with van der Waals surface area (Å²) in [5, 5.41) is 7.47. The zero-order valence-corrected chi connectivity index (χ0v) is 18.4. The molecule has 170 valence electrons. The number of nitrogens with two attached hydrogens (primary N) is 1. The van der Waals surface area contributed by atoms with Gasteiger partial charge in [-0.15, -0.1) is 0 Å². The Kier molecular flexibility index (Phi) is 5.23. The smallest absolute Gasteiger partial charge is 0.271 e. The van der Waals surface area contributed by atoms with Crippen molar-refractivity contribution in [2.24, 2.45) is 12.8 Å². The number of aromatic nitrogens is 7. The predicted octanol–water partition coefficient (Wildman–Crippen LogP) is 3.01. The number of anilines is 2. The van der Waals surface area contributed by atoms with E-state index in [0.29, 0.717) is 29.9 Å². The molecule has 3 N–H and O–H groups in total. The maximum Gasteiger partial charge on any atom is 0.271 e. The summed E-state index contributed by atoms with van der Waals surface area (Å²) in [6.45, 7) is 1.92. The van der Waals surface area contributed by atoms with E-state index in [-0.39, 0.29) is 17.4 Å². The van der Waals surface area contributed by atoms with Gasteiger partial charge in [0, 0.05) is 31.3 Å². The Hall–Kier alpha value is -3.89. The highest BCUT2D eigenvalue weighted by Gasteiger charge is 2.32. The van der Waals surface area contributed by atoms with Crippen LogP contribution < -0.4 is 11.1 Å². The zero-order valence-electron chi connectivity index (χ0n) is 18.4. The Bertz CT molecular complexity index is 1360. The molecule has 0 unspecified atom stereocenters. The maximum atomic E-state index is 12.6. The molecule has 0 bridgehead atoms. The van der Waals surface area contributed by atoms with E-state index in [4.69, 9.17) is 10.7 Å². The number of rotatable bonds is 8. The Morgan fingerprint density at radius 2 is 2.09 bits per heavy atom. The molecule has 4 heterocycles. The molecule has 1 aliphatic rings. The molecule has 1 aliphatic carbocycles. The van der Waals surface area contributed by atoms with E-state index in [1.807, 2.05) is 18.5 Å². The molecule has 0 aliphatic heterocycles. The maximum absolute atomic E-state index is 12.6. The highest BCUT2D eigenvalue weighted by Crippen LogP contribution is 2.44. The normalized spacial score (nSPS) is 13.5. The Morgan fingerprint density at radius 1 is 1.27 bits per heavy atom. The molecular weight excluding hydrogens is 425 g/mol. The van der Waals surface area contributed by atoms with Crippen LogP contribution in [0.3, 0.4) is 0 Å². The average Bonchev–Trinajstić information content (AvgIpc) is 3.51. The minimum absolute atomic E-state index is 0.0262. The zero-order chi connectivity index (χ0) is 23.1. The van der Waals surface area contributed by atoms with Crippen LogP contribution in [0.1, 0.15) is 47.1 Å². The second kappa shape index (κ2) is 8.23. The SMILES string of the molecule is Cc1c(Nc2nc(C3CC3)c(-c3cncc4c3ncn4C)nc2C(N)=O)cnn1CCCF. The van der Waals surface area contributed by atoms with E-state index in [1.54, 1.807) is 29.6 Å². The van der Waals surface area contributed by atoms with Gasteiger partial charge in [0.2, 0.25) is 0 Å². The van der Waals surface area contributed by atoms with Gasteiger partial charge in [0.05, 0.1) is 53.7 Å². The third-order valence-electron chi connectivity index (χ3n) is 5.87. The number of hydrogen-bond acceptors (Lipinski definition) is 7. The number of nitrogens with zero attached hydrogens (tertiary/aromatic N) is 7. The molecule has 10 nitrogen and oxygen atoms in total. The number of hydrogen-bond donors (Lipinski definition) is 2. The van der Waals surface area contributed by atoms with Crippen molar-refractivity contribution in [2.45, 2.75) is 38.6 Å². The van der Waals surface area contributed by atoms with Crippen molar-refractivity contribution < 1.29 is 9.18 Å². The standard InChI is InChI=1S/C22H24FN9O/c1-12-15(9-27-32(12)7-3-6-23)28-22-20(21(24)33)29-19(17(30-22)13-4-5-13)14-8-25-10-16-18(14)26-11-31(16)2/h8-11,13H,3-7H2,1-2H3,(H2,24,33)(H,28,30). The number of amides is 1. The second-order valence-electron chi connectivity index (χ2n) is 8.24. The minimum atomic E-state index is -0.697. The van der Waals surface area contributed by atoms with Crippen LogP contribution in [0.2, 0.25) is 0 Å². The van der Waals surface area contributed by atoms with E-state index in [1.165, 1.54) is 0 Å². The summed E-state index contributed by atoms with van der Waals surface area (Å²) in [7, 11) is 1.90. The molecular formula is C22H24FN9O. The molecule has 5 rings (SSSR count). The molecule has 0 aromatic carbocycles. The van der Waals surface area contributed by atoms with Crippen LogP contribution in [0.5, 0.6) is 0 Å². The van der Waals surface area contributed by atoms with Crippen molar-refractivity contribution in [1.82, 2.24) is 34.3 Å². The summed E-state index contributed by atoms with van der Waals surface area (Å²) >= 11 is 0. The van der Waals surface area contributed by atoms with Crippen LogP contribution in [0, 0.1) is 6.92 Å². The lowest BCUT2D eigenvalue weighted by Gasteiger charge is -2.14. The first-order valence-electron chi connectivity index (χ1n) is 10.8. The van der Waals surface area contributed by atoms with Gasteiger partial charge < -0.3 is 15.6 Å². The highest BCUT2D eigenvalue weighted by atomic mass is 19.1. The number of nitrogens with one attached hydrogen (secondary N) is 1. The lowest BCUT2D eigenvalue weighted by molar-refractivity contribution is 0.0996. The van der Waals surface area contributed by atoms with Crippen LogP contribution >= 0.6 is 0 Å². The summed E-state index contributed by atoms with van der Waals surface area (Å²) in [4.78, 5) is 30.7. The molecule has 1 saturated carbocycles. The average molecular weight is 449 g/mol. The number of aryl methyl sites for hydroxylation is 2. The molecule has 33 heavy (non-hydrogen) atoms. The minimum Gasteiger partial charge on any atom is -0.364 e. The number of primary amides is 1. The fraction of sp³-hybridized carbons (Fsp3) is 0.364. The Morgan fingerprint density at radius 3 is 2.82 bits per heavy atom. The van der Waals surface area contributed by atoms with Crippen molar-refractivity contribution in [3.8, 4) is 11.3 Å². The summed E-state index contributed by atoms with van der Waals surface area (Å²) in [5.74, 6) is -0.179. The summed E-state index contributed by atoms with van der Waals surface area (Å²) in [6, 6.07) is 0.